The summed E-state index contributed by atoms with van der Waals surface area (Å²) in [6, 6.07) is 31.3. The minimum absolute atomic E-state index is 0.498. The van der Waals surface area contributed by atoms with Crippen LogP contribution in [0.1, 0.15) is 53.7 Å². The first-order valence-electron chi connectivity index (χ1n) is 14.4. The van der Waals surface area contributed by atoms with Gasteiger partial charge in [-0.3, -0.25) is 0 Å². The number of unbranched alkanes of at least 4 members (excludes halogenated alkanes) is 1. The average molecular weight is 544 g/mol. The maximum Gasteiger partial charge on any atom is 0.104 e. The Kier molecular flexibility index (Phi) is 6.58. The van der Waals surface area contributed by atoms with Gasteiger partial charge in [-0.15, -0.1) is 0 Å². The number of H-pyrrole nitrogens is 2. The summed E-state index contributed by atoms with van der Waals surface area (Å²) in [7, 11) is 0. The number of nitrogens with one attached hydrogen (secondary N) is 2. The zero-order valence-corrected chi connectivity index (χ0v) is 23.4. The molecule has 2 aliphatic rings. The van der Waals surface area contributed by atoms with Crippen molar-refractivity contribution in [1.29, 1.82) is 5.26 Å². The number of nitrogens with zero attached hydrogens (tertiary/aromatic N) is 3. The summed E-state index contributed by atoms with van der Waals surface area (Å²) < 4.78 is 0. The molecule has 0 saturated heterocycles. The van der Waals surface area contributed by atoms with Crippen molar-refractivity contribution in [3.8, 4) is 28.3 Å². The number of nitriles is 1. The Morgan fingerprint density at radius 1 is 0.595 bits per heavy atom. The molecule has 0 spiro atoms. The van der Waals surface area contributed by atoms with E-state index in [0.717, 1.165) is 80.7 Å². The largest absolute Gasteiger partial charge is 0.355 e. The lowest BCUT2D eigenvalue weighted by Gasteiger charge is -2.05. The first kappa shape index (κ1) is 25.5. The van der Waals surface area contributed by atoms with Gasteiger partial charge in [0.2, 0.25) is 0 Å². The van der Waals surface area contributed by atoms with Crippen molar-refractivity contribution < 1.29 is 0 Å². The molecule has 5 heterocycles. The highest BCUT2D eigenvalue weighted by molar-refractivity contribution is 5.94. The molecule has 5 aromatic rings. The van der Waals surface area contributed by atoms with E-state index in [1.165, 1.54) is 5.56 Å². The zero-order chi connectivity index (χ0) is 28.5. The molecular formula is C37H29N5. The molecule has 5 heteroatoms. The number of aryl methyl sites for hydroxylation is 1. The normalized spacial score (nSPS) is 12.0. The molecule has 2 aromatic carbocycles. The van der Waals surface area contributed by atoms with Crippen LogP contribution in [0.25, 0.3) is 68.6 Å². The van der Waals surface area contributed by atoms with Gasteiger partial charge in [-0.1, -0.05) is 74.0 Å². The van der Waals surface area contributed by atoms with Crippen molar-refractivity contribution in [1.82, 2.24) is 19.9 Å². The number of hydrogen-bond acceptors (Lipinski definition) is 3. The van der Waals surface area contributed by atoms with E-state index in [4.69, 9.17) is 9.97 Å². The van der Waals surface area contributed by atoms with Crippen LogP contribution in [0.3, 0.4) is 0 Å². The lowest BCUT2D eigenvalue weighted by Crippen LogP contribution is -1.92. The van der Waals surface area contributed by atoms with Gasteiger partial charge in [-0.05, 0) is 72.5 Å². The molecule has 0 saturated carbocycles. The minimum atomic E-state index is 0.498. The fraction of sp³-hybridized carbons (Fsp3) is 0.108. The second kappa shape index (κ2) is 10.8. The maximum atomic E-state index is 10.3. The second-order valence-corrected chi connectivity index (χ2v) is 10.6. The zero-order valence-electron chi connectivity index (χ0n) is 23.4. The highest BCUT2D eigenvalue weighted by Crippen LogP contribution is 2.34. The number of benzene rings is 2. The molecule has 0 aliphatic carbocycles. The maximum absolute atomic E-state index is 10.3. The monoisotopic (exact) mass is 543 g/mol. The summed E-state index contributed by atoms with van der Waals surface area (Å²) >= 11 is 0. The summed E-state index contributed by atoms with van der Waals surface area (Å²) in [4.78, 5) is 17.5. The molecule has 0 amide bonds. The highest BCUT2D eigenvalue weighted by Gasteiger charge is 2.17. The van der Waals surface area contributed by atoms with Gasteiger partial charge >= 0.3 is 0 Å². The molecule has 2 N–H and O–H groups in total. The molecule has 0 fully saturated rings. The Balaban J connectivity index is 1.65. The van der Waals surface area contributed by atoms with Crippen LogP contribution in [-0.4, -0.2) is 19.9 Å². The van der Waals surface area contributed by atoms with E-state index in [1.54, 1.807) is 0 Å². The van der Waals surface area contributed by atoms with Crippen molar-refractivity contribution in [2.24, 2.45) is 0 Å². The second-order valence-electron chi connectivity index (χ2n) is 10.6. The third kappa shape index (κ3) is 4.53. The van der Waals surface area contributed by atoms with E-state index < -0.39 is 0 Å². The van der Waals surface area contributed by atoms with Gasteiger partial charge in [-0.2, -0.15) is 5.26 Å². The summed E-state index contributed by atoms with van der Waals surface area (Å²) in [5, 5.41) is 10.3. The Hall–Kier alpha value is -5.47. The van der Waals surface area contributed by atoms with Crippen molar-refractivity contribution >= 4 is 46.4 Å². The summed E-state index contributed by atoms with van der Waals surface area (Å²) in [6.45, 7) is 2.22. The van der Waals surface area contributed by atoms with Crippen LogP contribution in [0.5, 0.6) is 0 Å². The summed E-state index contributed by atoms with van der Waals surface area (Å²) in [6.07, 6.45) is 11.3. The predicted octanol–water partition coefficient (Wildman–Crippen LogP) is 9.20. The smallest absolute Gasteiger partial charge is 0.104 e. The first-order chi connectivity index (χ1) is 20.7. The quantitative estimate of drug-likeness (QED) is 0.227. The van der Waals surface area contributed by atoms with E-state index in [0.29, 0.717) is 11.3 Å². The van der Waals surface area contributed by atoms with Gasteiger partial charge in [-0.25, -0.2) is 9.97 Å². The summed E-state index contributed by atoms with van der Waals surface area (Å²) in [5.74, 6) is 0. The molecule has 202 valence electrons. The molecule has 0 radical (unpaired) electrons. The fourth-order valence-electron chi connectivity index (χ4n) is 5.82. The topological polar surface area (TPSA) is 81.2 Å². The standard InChI is InChI=1S/C37H29N5/c1-2-3-14-26-28-15-19-32(39-28)36(24-10-6-4-7-11-24)34-21-17-30(41-34)27(23-38)31-18-22-35(42-31)37(25-12-8-5-9-13-25)33-20-16-29(26)40-33/h4-13,15-22,39,42H,2-3,14H2,1H3. The van der Waals surface area contributed by atoms with Crippen molar-refractivity contribution in [3.63, 3.8) is 0 Å². The van der Waals surface area contributed by atoms with Gasteiger partial charge in [0.05, 0.1) is 28.3 Å². The minimum Gasteiger partial charge on any atom is -0.355 e. The molecule has 0 unspecified atom stereocenters. The van der Waals surface area contributed by atoms with Crippen LogP contribution in [0.15, 0.2) is 84.9 Å². The molecule has 0 atom stereocenters. The Morgan fingerprint density at radius 3 is 1.69 bits per heavy atom. The summed E-state index contributed by atoms with van der Waals surface area (Å²) in [5.41, 5.74) is 12.8. The fourth-order valence-corrected chi connectivity index (χ4v) is 5.82. The van der Waals surface area contributed by atoms with Gasteiger partial charge < -0.3 is 9.97 Å². The Bertz CT molecular complexity index is 2030. The van der Waals surface area contributed by atoms with Gasteiger partial charge in [0.25, 0.3) is 0 Å². The van der Waals surface area contributed by atoms with Gasteiger partial charge in [0.1, 0.15) is 11.6 Å². The molecule has 8 bridgehead atoms. The molecule has 42 heavy (non-hydrogen) atoms. The lowest BCUT2D eigenvalue weighted by atomic mass is 10.0. The number of hydrogen-bond donors (Lipinski definition) is 2. The van der Waals surface area contributed by atoms with Crippen LogP contribution < -0.4 is 0 Å². The van der Waals surface area contributed by atoms with Crippen LogP contribution in [0.4, 0.5) is 0 Å². The Labute approximate surface area is 244 Å². The number of aromatic nitrogens is 4. The van der Waals surface area contributed by atoms with E-state index in [9.17, 15) is 5.26 Å². The van der Waals surface area contributed by atoms with E-state index >= 15 is 0 Å². The van der Waals surface area contributed by atoms with E-state index in [1.807, 2.05) is 60.7 Å². The van der Waals surface area contributed by atoms with Crippen LogP contribution in [-0.2, 0) is 6.42 Å². The molecule has 2 aliphatic heterocycles. The van der Waals surface area contributed by atoms with Gasteiger partial charge in [0.15, 0.2) is 0 Å². The number of aromatic amines is 2. The van der Waals surface area contributed by atoms with Crippen LogP contribution in [0.2, 0.25) is 0 Å². The number of fused-ring (bicyclic) bond motifs is 8. The predicted molar refractivity (Wildman–Crippen MR) is 173 cm³/mol. The van der Waals surface area contributed by atoms with E-state index in [-0.39, 0.29) is 0 Å². The molecule has 7 rings (SSSR count). The van der Waals surface area contributed by atoms with Crippen molar-refractivity contribution in [2.45, 2.75) is 26.2 Å². The molecular weight excluding hydrogens is 514 g/mol. The van der Waals surface area contributed by atoms with Crippen molar-refractivity contribution in [2.75, 3.05) is 0 Å². The lowest BCUT2D eigenvalue weighted by molar-refractivity contribution is 0.795. The highest BCUT2D eigenvalue weighted by atomic mass is 14.8. The Morgan fingerprint density at radius 2 is 1.10 bits per heavy atom. The van der Waals surface area contributed by atoms with Crippen molar-refractivity contribution in [3.05, 3.63) is 119 Å². The SMILES string of the molecule is CCCCc1c2nc(c(-c3ccccc3)c3ccc([nH]3)c(C#N)c3nc(c(-c4ccccc4)c4ccc1[nH]4)C=C3)C=C2. The number of rotatable bonds is 5. The van der Waals surface area contributed by atoms with E-state index in [2.05, 4.69) is 71.5 Å². The molecule has 3 aromatic heterocycles. The third-order valence-corrected chi connectivity index (χ3v) is 7.88. The van der Waals surface area contributed by atoms with Crippen LogP contribution >= 0.6 is 0 Å². The third-order valence-electron chi connectivity index (χ3n) is 7.88. The van der Waals surface area contributed by atoms with Crippen LogP contribution in [0, 0.1) is 11.3 Å². The first-order valence-corrected chi connectivity index (χ1v) is 14.4. The molecule has 5 nitrogen and oxygen atoms in total. The average Bonchev–Trinajstić information content (AvgIpc) is 3.85. The van der Waals surface area contributed by atoms with Gasteiger partial charge in [0, 0.05) is 33.2 Å².